The average Bonchev–Trinajstić information content (AvgIpc) is 2.62. The van der Waals surface area contributed by atoms with Crippen molar-refractivity contribution in [3.05, 3.63) is 73.6 Å². The summed E-state index contributed by atoms with van der Waals surface area (Å²) >= 11 is 12.6. The molecule has 4 rings (SSSR count). The van der Waals surface area contributed by atoms with E-state index in [2.05, 4.69) is 0 Å². The number of hydrogen-bond acceptors (Lipinski definition) is 3. The van der Waals surface area contributed by atoms with Crippen molar-refractivity contribution in [2.45, 2.75) is 32.3 Å². The first-order valence-corrected chi connectivity index (χ1v) is 9.03. The van der Waals surface area contributed by atoms with Crippen LogP contribution in [0.25, 0.3) is 11.0 Å². The SMILES string of the molecule is O=c1oc2cc(OCc3ccccc3Cl)c(Cl)cc2c2c1CCCC2. The van der Waals surface area contributed by atoms with Crippen LogP contribution in [0.3, 0.4) is 0 Å². The highest BCUT2D eigenvalue weighted by atomic mass is 35.5. The molecule has 0 atom stereocenters. The van der Waals surface area contributed by atoms with Crippen molar-refractivity contribution in [3.8, 4) is 5.75 Å². The second-order valence-electron chi connectivity index (χ2n) is 6.21. The van der Waals surface area contributed by atoms with Gasteiger partial charge in [0, 0.05) is 27.6 Å². The Morgan fingerprint density at radius 1 is 1.00 bits per heavy atom. The Morgan fingerprint density at radius 3 is 2.56 bits per heavy atom. The molecule has 0 unspecified atom stereocenters. The minimum absolute atomic E-state index is 0.249. The van der Waals surface area contributed by atoms with Gasteiger partial charge in [0.05, 0.1) is 5.02 Å². The smallest absolute Gasteiger partial charge is 0.339 e. The molecule has 0 saturated carbocycles. The minimum Gasteiger partial charge on any atom is -0.487 e. The fraction of sp³-hybridized carbons (Fsp3) is 0.250. The summed E-state index contributed by atoms with van der Waals surface area (Å²) in [7, 11) is 0. The van der Waals surface area contributed by atoms with E-state index in [1.807, 2.05) is 30.3 Å². The van der Waals surface area contributed by atoms with Crippen LogP contribution in [0.5, 0.6) is 5.75 Å². The Balaban J connectivity index is 1.72. The van der Waals surface area contributed by atoms with Crippen LogP contribution in [0.15, 0.2) is 45.6 Å². The molecule has 1 aliphatic rings. The summed E-state index contributed by atoms with van der Waals surface area (Å²) in [4.78, 5) is 12.2. The standard InChI is InChI=1S/C20H16Cl2O3/c21-16-8-4-1-5-12(16)11-24-19-10-18-15(9-17(19)22)13-6-2-3-7-14(13)20(23)25-18/h1,4-5,8-10H,2-3,6-7,11H2. The van der Waals surface area contributed by atoms with Gasteiger partial charge in [-0.3, -0.25) is 0 Å². The third-order valence-electron chi connectivity index (χ3n) is 4.62. The van der Waals surface area contributed by atoms with Crippen LogP contribution in [0.4, 0.5) is 0 Å². The molecule has 1 heterocycles. The van der Waals surface area contributed by atoms with E-state index in [0.29, 0.717) is 28.0 Å². The number of halogens is 2. The van der Waals surface area contributed by atoms with Gasteiger partial charge in [0.1, 0.15) is 17.9 Å². The van der Waals surface area contributed by atoms with Gasteiger partial charge in [0.15, 0.2) is 0 Å². The average molecular weight is 375 g/mol. The summed E-state index contributed by atoms with van der Waals surface area (Å²) in [6.45, 7) is 0.292. The molecule has 0 amide bonds. The van der Waals surface area contributed by atoms with E-state index in [1.54, 1.807) is 6.07 Å². The molecule has 0 radical (unpaired) electrons. The highest BCUT2D eigenvalue weighted by molar-refractivity contribution is 6.33. The molecule has 0 saturated heterocycles. The topological polar surface area (TPSA) is 39.4 Å². The third kappa shape index (κ3) is 3.14. The molecule has 3 nitrogen and oxygen atoms in total. The summed E-state index contributed by atoms with van der Waals surface area (Å²) in [5, 5.41) is 2.05. The maximum atomic E-state index is 12.2. The van der Waals surface area contributed by atoms with Gasteiger partial charge < -0.3 is 9.15 Å². The van der Waals surface area contributed by atoms with Crippen LogP contribution in [0.1, 0.15) is 29.5 Å². The summed E-state index contributed by atoms with van der Waals surface area (Å²) in [5.74, 6) is 0.480. The van der Waals surface area contributed by atoms with E-state index in [1.165, 1.54) is 0 Å². The fourth-order valence-corrected chi connectivity index (χ4v) is 3.73. The predicted octanol–water partition coefficient (Wildman–Crippen LogP) is 5.56. The molecule has 1 aliphatic carbocycles. The largest absolute Gasteiger partial charge is 0.487 e. The molecule has 5 heteroatoms. The lowest BCUT2D eigenvalue weighted by molar-refractivity contribution is 0.306. The number of fused-ring (bicyclic) bond motifs is 3. The minimum atomic E-state index is -0.249. The first-order chi connectivity index (χ1) is 12.1. The Morgan fingerprint density at radius 2 is 1.76 bits per heavy atom. The van der Waals surface area contributed by atoms with E-state index in [9.17, 15) is 4.79 Å². The van der Waals surface area contributed by atoms with Gasteiger partial charge in [-0.2, -0.15) is 0 Å². The van der Waals surface area contributed by atoms with Crippen LogP contribution in [0.2, 0.25) is 10.0 Å². The number of ether oxygens (including phenoxy) is 1. The van der Waals surface area contributed by atoms with Gasteiger partial charge in [-0.05, 0) is 43.4 Å². The van der Waals surface area contributed by atoms with Gasteiger partial charge in [0.25, 0.3) is 0 Å². The van der Waals surface area contributed by atoms with Gasteiger partial charge >= 0.3 is 5.63 Å². The Kier molecular flexibility index (Phi) is 4.45. The van der Waals surface area contributed by atoms with Crippen molar-refractivity contribution in [2.75, 3.05) is 0 Å². The molecule has 0 spiro atoms. The molecule has 0 fully saturated rings. The Bertz CT molecular complexity index is 1010. The highest BCUT2D eigenvalue weighted by Gasteiger charge is 2.19. The lowest BCUT2D eigenvalue weighted by Crippen LogP contribution is -2.15. The number of rotatable bonds is 3. The molecular weight excluding hydrogens is 359 g/mol. The Labute approximate surface area is 155 Å². The zero-order valence-electron chi connectivity index (χ0n) is 13.5. The second-order valence-corrected chi connectivity index (χ2v) is 7.03. The zero-order valence-corrected chi connectivity index (χ0v) is 15.0. The van der Waals surface area contributed by atoms with Gasteiger partial charge in [-0.25, -0.2) is 4.79 Å². The molecule has 25 heavy (non-hydrogen) atoms. The van der Waals surface area contributed by atoms with Crippen molar-refractivity contribution in [1.82, 2.24) is 0 Å². The molecule has 128 valence electrons. The second kappa shape index (κ2) is 6.74. The molecule has 1 aromatic heterocycles. The fourth-order valence-electron chi connectivity index (χ4n) is 3.33. The van der Waals surface area contributed by atoms with Crippen molar-refractivity contribution in [2.24, 2.45) is 0 Å². The Hall–Kier alpha value is -1.97. The van der Waals surface area contributed by atoms with Crippen LogP contribution in [0, 0.1) is 0 Å². The molecule has 3 aromatic rings. The molecule has 0 bridgehead atoms. The van der Waals surface area contributed by atoms with E-state index in [-0.39, 0.29) is 5.63 Å². The van der Waals surface area contributed by atoms with Crippen LogP contribution in [-0.4, -0.2) is 0 Å². The summed E-state index contributed by atoms with van der Waals surface area (Å²) < 4.78 is 11.3. The zero-order chi connectivity index (χ0) is 17.4. The third-order valence-corrected chi connectivity index (χ3v) is 5.28. The van der Waals surface area contributed by atoms with E-state index in [0.717, 1.165) is 47.8 Å². The van der Waals surface area contributed by atoms with Crippen molar-refractivity contribution in [3.63, 3.8) is 0 Å². The maximum absolute atomic E-state index is 12.2. The summed E-state index contributed by atoms with van der Waals surface area (Å²) in [5.41, 5.74) is 3.00. The molecule has 0 N–H and O–H groups in total. The summed E-state index contributed by atoms with van der Waals surface area (Å²) in [6.07, 6.45) is 3.76. The van der Waals surface area contributed by atoms with E-state index >= 15 is 0 Å². The first kappa shape index (κ1) is 16.5. The van der Waals surface area contributed by atoms with Crippen LogP contribution in [-0.2, 0) is 19.4 Å². The molecule has 0 aliphatic heterocycles. The summed E-state index contributed by atoms with van der Waals surface area (Å²) in [6, 6.07) is 11.0. The van der Waals surface area contributed by atoms with Crippen molar-refractivity contribution < 1.29 is 9.15 Å². The van der Waals surface area contributed by atoms with Crippen molar-refractivity contribution >= 4 is 34.2 Å². The maximum Gasteiger partial charge on any atom is 0.339 e. The van der Waals surface area contributed by atoms with Gasteiger partial charge in [-0.15, -0.1) is 0 Å². The van der Waals surface area contributed by atoms with Crippen LogP contribution < -0.4 is 10.4 Å². The van der Waals surface area contributed by atoms with E-state index in [4.69, 9.17) is 32.4 Å². The van der Waals surface area contributed by atoms with Crippen molar-refractivity contribution in [1.29, 1.82) is 0 Å². The van der Waals surface area contributed by atoms with Gasteiger partial charge in [-0.1, -0.05) is 41.4 Å². The highest BCUT2D eigenvalue weighted by Crippen LogP contribution is 2.34. The van der Waals surface area contributed by atoms with Gasteiger partial charge in [0.2, 0.25) is 0 Å². The monoisotopic (exact) mass is 374 g/mol. The lowest BCUT2D eigenvalue weighted by atomic mass is 9.91. The quantitative estimate of drug-likeness (QED) is 0.563. The van der Waals surface area contributed by atoms with E-state index < -0.39 is 0 Å². The van der Waals surface area contributed by atoms with Crippen LogP contribution >= 0.6 is 23.2 Å². The first-order valence-electron chi connectivity index (χ1n) is 8.28. The normalized spacial score (nSPS) is 13.7. The molecule has 2 aromatic carbocycles. The number of hydrogen-bond donors (Lipinski definition) is 0. The lowest BCUT2D eigenvalue weighted by Gasteiger charge is -2.17. The number of aryl methyl sites for hydroxylation is 1. The number of benzene rings is 2. The predicted molar refractivity (Wildman–Crippen MR) is 99.9 cm³/mol. The molecular formula is C20H16Cl2O3.